The number of benzene rings is 2. The Morgan fingerprint density at radius 2 is 1.64 bits per heavy atom. The minimum absolute atomic E-state index is 0.144. The molecule has 1 aliphatic carbocycles. The number of hydrogen-bond donors (Lipinski definition) is 1. The van der Waals surface area contributed by atoms with Crippen molar-refractivity contribution in [3.8, 4) is 11.1 Å². The van der Waals surface area contributed by atoms with E-state index in [1.807, 2.05) is 6.08 Å². The summed E-state index contributed by atoms with van der Waals surface area (Å²) in [6.07, 6.45) is 6.81. The predicted octanol–water partition coefficient (Wildman–Crippen LogP) is 5.23. The van der Waals surface area contributed by atoms with Gasteiger partial charge in [0.1, 0.15) is 5.41 Å². The van der Waals surface area contributed by atoms with E-state index in [1.54, 1.807) is 0 Å². The molecule has 0 aromatic heterocycles. The molecule has 0 unspecified atom stereocenters. The van der Waals surface area contributed by atoms with Crippen LogP contribution in [0.5, 0.6) is 0 Å². The standard InChI is InChI=1S/C23H27NO/c1-3-5-6-11-16-23(22(25)24-17-4-2)20-14-9-7-12-18(20)19-13-8-10-15-21(19)23/h3,7-10,12-15H,1,4-6,11,16-17H2,2H3,(H,24,25). The highest BCUT2D eigenvalue weighted by molar-refractivity contribution is 6.00. The third-order valence-electron chi connectivity index (χ3n) is 5.20. The van der Waals surface area contributed by atoms with Gasteiger partial charge >= 0.3 is 0 Å². The molecule has 0 saturated carbocycles. The maximum atomic E-state index is 13.4. The lowest BCUT2D eigenvalue weighted by molar-refractivity contribution is -0.125. The minimum Gasteiger partial charge on any atom is -0.355 e. The number of carbonyl (C=O) groups excluding carboxylic acids is 1. The van der Waals surface area contributed by atoms with Gasteiger partial charge in [-0.15, -0.1) is 6.58 Å². The summed E-state index contributed by atoms with van der Waals surface area (Å²) in [5, 5.41) is 3.18. The normalized spacial score (nSPS) is 13.8. The van der Waals surface area contributed by atoms with E-state index in [2.05, 4.69) is 67.4 Å². The molecule has 1 N–H and O–H groups in total. The maximum absolute atomic E-state index is 13.4. The fourth-order valence-corrected chi connectivity index (χ4v) is 4.02. The van der Waals surface area contributed by atoms with Crippen LogP contribution in [-0.4, -0.2) is 12.5 Å². The van der Waals surface area contributed by atoms with Crippen molar-refractivity contribution in [3.63, 3.8) is 0 Å². The van der Waals surface area contributed by atoms with E-state index in [1.165, 1.54) is 11.1 Å². The Labute approximate surface area is 151 Å². The van der Waals surface area contributed by atoms with Gasteiger partial charge in [-0.1, -0.05) is 68.0 Å². The van der Waals surface area contributed by atoms with Crippen molar-refractivity contribution >= 4 is 5.91 Å². The first kappa shape index (κ1) is 17.5. The van der Waals surface area contributed by atoms with Gasteiger partial charge in [0.25, 0.3) is 0 Å². The zero-order chi connectivity index (χ0) is 17.7. The van der Waals surface area contributed by atoms with Crippen molar-refractivity contribution in [2.24, 2.45) is 0 Å². The molecule has 0 fully saturated rings. The van der Waals surface area contributed by atoms with Crippen molar-refractivity contribution in [1.82, 2.24) is 5.32 Å². The van der Waals surface area contributed by atoms with Gasteiger partial charge in [-0.25, -0.2) is 0 Å². The number of rotatable bonds is 8. The molecule has 0 bridgehead atoms. The molecule has 0 atom stereocenters. The van der Waals surface area contributed by atoms with Crippen LogP contribution in [0.1, 0.15) is 50.2 Å². The number of hydrogen-bond acceptors (Lipinski definition) is 1. The summed E-state index contributed by atoms with van der Waals surface area (Å²) in [5.41, 5.74) is 4.15. The third-order valence-corrected chi connectivity index (χ3v) is 5.20. The highest BCUT2D eigenvalue weighted by Crippen LogP contribution is 2.51. The second-order valence-electron chi connectivity index (χ2n) is 6.79. The fourth-order valence-electron chi connectivity index (χ4n) is 4.02. The van der Waals surface area contributed by atoms with E-state index < -0.39 is 5.41 Å². The Morgan fingerprint density at radius 3 is 2.20 bits per heavy atom. The van der Waals surface area contributed by atoms with Crippen molar-refractivity contribution < 1.29 is 4.79 Å². The summed E-state index contributed by atoms with van der Waals surface area (Å²) >= 11 is 0. The first-order valence-corrected chi connectivity index (χ1v) is 9.34. The molecule has 25 heavy (non-hydrogen) atoms. The summed E-state index contributed by atoms with van der Waals surface area (Å²) < 4.78 is 0. The second kappa shape index (κ2) is 7.69. The van der Waals surface area contributed by atoms with Gasteiger partial charge in [0, 0.05) is 6.54 Å². The molecule has 0 aliphatic heterocycles. The van der Waals surface area contributed by atoms with E-state index in [0.717, 1.165) is 49.8 Å². The molecule has 0 heterocycles. The number of fused-ring (bicyclic) bond motifs is 3. The van der Waals surface area contributed by atoms with Crippen LogP contribution in [-0.2, 0) is 10.2 Å². The van der Waals surface area contributed by atoms with E-state index in [9.17, 15) is 4.79 Å². The number of nitrogens with one attached hydrogen (secondary N) is 1. The van der Waals surface area contributed by atoms with Crippen LogP contribution in [0.15, 0.2) is 61.2 Å². The first-order valence-electron chi connectivity index (χ1n) is 9.34. The average Bonchev–Trinajstić information content (AvgIpc) is 2.95. The summed E-state index contributed by atoms with van der Waals surface area (Å²) in [6.45, 7) is 6.63. The summed E-state index contributed by atoms with van der Waals surface area (Å²) in [5.74, 6) is 0.144. The Morgan fingerprint density at radius 1 is 1.04 bits per heavy atom. The quantitative estimate of drug-likeness (QED) is 0.520. The summed E-state index contributed by atoms with van der Waals surface area (Å²) in [7, 11) is 0. The molecule has 3 rings (SSSR count). The summed E-state index contributed by atoms with van der Waals surface area (Å²) in [6, 6.07) is 16.8. The molecule has 2 aromatic rings. The molecule has 0 spiro atoms. The minimum atomic E-state index is -0.566. The second-order valence-corrected chi connectivity index (χ2v) is 6.79. The average molecular weight is 333 g/mol. The topological polar surface area (TPSA) is 29.1 Å². The molecule has 130 valence electrons. The Kier molecular flexibility index (Phi) is 5.37. The van der Waals surface area contributed by atoms with Crippen molar-refractivity contribution in [2.75, 3.05) is 6.54 Å². The zero-order valence-corrected chi connectivity index (χ0v) is 15.1. The Bertz CT molecular complexity index is 717. The number of allylic oxidation sites excluding steroid dienone is 1. The molecule has 0 saturated heterocycles. The van der Waals surface area contributed by atoms with Crippen LogP contribution < -0.4 is 5.32 Å². The lowest BCUT2D eigenvalue weighted by atomic mass is 9.73. The molecule has 2 nitrogen and oxygen atoms in total. The van der Waals surface area contributed by atoms with Gasteiger partial charge in [-0.2, -0.15) is 0 Å². The number of amides is 1. The van der Waals surface area contributed by atoms with Crippen LogP contribution >= 0.6 is 0 Å². The van der Waals surface area contributed by atoms with Crippen LogP contribution in [0.3, 0.4) is 0 Å². The van der Waals surface area contributed by atoms with Gasteiger partial charge in [0.2, 0.25) is 5.91 Å². The molecule has 0 radical (unpaired) electrons. The Hall–Kier alpha value is -2.35. The van der Waals surface area contributed by atoms with Crippen LogP contribution in [0.25, 0.3) is 11.1 Å². The molecule has 1 aliphatic rings. The predicted molar refractivity (Wildman–Crippen MR) is 105 cm³/mol. The van der Waals surface area contributed by atoms with Crippen LogP contribution in [0, 0.1) is 0 Å². The van der Waals surface area contributed by atoms with E-state index in [4.69, 9.17) is 0 Å². The SMILES string of the molecule is C=CCCCCC1(C(=O)NCCC)c2ccccc2-c2ccccc21. The third kappa shape index (κ3) is 3.02. The molecular weight excluding hydrogens is 306 g/mol. The van der Waals surface area contributed by atoms with Gasteiger partial charge in [0.15, 0.2) is 0 Å². The van der Waals surface area contributed by atoms with Crippen LogP contribution in [0.4, 0.5) is 0 Å². The lowest BCUT2D eigenvalue weighted by Gasteiger charge is -2.31. The largest absolute Gasteiger partial charge is 0.355 e. The highest BCUT2D eigenvalue weighted by atomic mass is 16.2. The van der Waals surface area contributed by atoms with E-state index in [0.29, 0.717) is 0 Å². The fraction of sp³-hybridized carbons (Fsp3) is 0.348. The van der Waals surface area contributed by atoms with E-state index in [-0.39, 0.29) is 5.91 Å². The van der Waals surface area contributed by atoms with Gasteiger partial charge in [0.05, 0.1) is 0 Å². The Balaban J connectivity index is 2.09. The molecular formula is C23H27NO. The van der Waals surface area contributed by atoms with Crippen molar-refractivity contribution in [2.45, 2.75) is 44.4 Å². The monoisotopic (exact) mass is 333 g/mol. The van der Waals surface area contributed by atoms with Crippen LogP contribution in [0.2, 0.25) is 0 Å². The van der Waals surface area contributed by atoms with Crippen molar-refractivity contribution in [1.29, 1.82) is 0 Å². The maximum Gasteiger partial charge on any atom is 0.235 e. The first-order chi connectivity index (χ1) is 12.3. The number of unbranched alkanes of at least 4 members (excludes halogenated alkanes) is 2. The molecule has 1 amide bonds. The summed E-state index contributed by atoms with van der Waals surface area (Å²) in [4.78, 5) is 13.4. The zero-order valence-electron chi connectivity index (χ0n) is 15.1. The molecule has 2 aromatic carbocycles. The number of carbonyl (C=O) groups is 1. The van der Waals surface area contributed by atoms with Gasteiger partial charge < -0.3 is 5.32 Å². The van der Waals surface area contributed by atoms with Crippen molar-refractivity contribution in [3.05, 3.63) is 72.3 Å². The van der Waals surface area contributed by atoms with E-state index >= 15 is 0 Å². The molecule has 2 heteroatoms. The van der Waals surface area contributed by atoms with Gasteiger partial charge in [-0.05, 0) is 47.9 Å². The highest BCUT2D eigenvalue weighted by Gasteiger charge is 2.48. The smallest absolute Gasteiger partial charge is 0.235 e. The van der Waals surface area contributed by atoms with Gasteiger partial charge in [-0.3, -0.25) is 4.79 Å². The lowest BCUT2D eigenvalue weighted by Crippen LogP contribution is -2.44.